The maximum absolute atomic E-state index is 12.8. The largest absolute Gasteiger partial charge is 0.346 e. The number of aromatic amines is 1. The van der Waals surface area contributed by atoms with Gasteiger partial charge in [-0.1, -0.05) is 24.3 Å². The van der Waals surface area contributed by atoms with Crippen molar-refractivity contribution in [3.05, 3.63) is 48.2 Å². The first-order valence-electron chi connectivity index (χ1n) is 12.0. The molecule has 0 spiro atoms. The number of rotatable bonds is 8. The maximum Gasteiger partial charge on any atom is 0.227 e. The number of nitrogens with one attached hydrogen (secondary N) is 1. The molecule has 3 heterocycles. The molecule has 1 aromatic carbocycles. The lowest BCUT2D eigenvalue weighted by molar-refractivity contribution is -0.131. The van der Waals surface area contributed by atoms with Crippen LogP contribution in [0.1, 0.15) is 25.3 Å². The number of benzene rings is 1. The summed E-state index contributed by atoms with van der Waals surface area (Å²) >= 11 is 0. The second-order valence-electron chi connectivity index (χ2n) is 9.07. The van der Waals surface area contributed by atoms with Gasteiger partial charge in [0.1, 0.15) is 11.5 Å². The van der Waals surface area contributed by atoms with E-state index in [0.717, 1.165) is 47.0 Å². The van der Waals surface area contributed by atoms with Crippen molar-refractivity contribution in [1.29, 1.82) is 0 Å². The van der Waals surface area contributed by atoms with Gasteiger partial charge in [0.15, 0.2) is 0 Å². The van der Waals surface area contributed by atoms with Crippen molar-refractivity contribution < 1.29 is 18.0 Å². The van der Waals surface area contributed by atoms with Crippen LogP contribution in [-0.4, -0.2) is 77.9 Å². The number of H-pyrrole nitrogens is 1. The summed E-state index contributed by atoms with van der Waals surface area (Å²) in [6.07, 6.45) is 4.94. The number of hydrogen-bond donors (Lipinski definition) is 1. The van der Waals surface area contributed by atoms with Crippen LogP contribution in [0.4, 0.5) is 5.82 Å². The van der Waals surface area contributed by atoms with Crippen molar-refractivity contribution in [2.24, 2.45) is 0 Å². The van der Waals surface area contributed by atoms with E-state index in [2.05, 4.69) is 9.97 Å². The van der Waals surface area contributed by atoms with Gasteiger partial charge in [-0.2, -0.15) is 4.31 Å². The van der Waals surface area contributed by atoms with E-state index in [4.69, 9.17) is 0 Å². The Labute approximate surface area is 204 Å². The Balaban J connectivity index is 1.30. The minimum atomic E-state index is -3.22. The minimum Gasteiger partial charge on any atom is -0.346 e. The standard InChI is InChI=1S/C25H29N5O4S/c1-2-35(33,34)29-13-11-28(12-14-29)24(32)15-18-3-5-19(6-4-18)22-16-23(30(17-31)20-7-8-20)27-25-21(22)9-10-26-25/h3-6,9-10,16-17,20H,2,7-8,11-15H2,1H3,(H,26,27). The smallest absolute Gasteiger partial charge is 0.227 e. The zero-order chi connectivity index (χ0) is 24.6. The van der Waals surface area contributed by atoms with E-state index in [9.17, 15) is 18.0 Å². The lowest BCUT2D eigenvalue weighted by Gasteiger charge is -2.33. The monoisotopic (exact) mass is 495 g/mol. The summed E-state index contributed by atoms with van der Waals surface area (Å²) in [6.45, 7) is 3.15. The Morgan fingerprint density at radius 3 is 2.49 bits per heavy atom. The molecule has 184 valence electrons. The minimum absolute atomic E-state index is 0.00317. The highest BCUT2D eigenvalue weighted by Gasteiger charge is 2.31. The van der Waals surface area contributed by atoms with Crippen LogP contribution < -0.4 is 4.90 Å². The third-order valence-corrected chi connectivity index (χ3v) is 8.68. The molecule has 0 unspecified atom stereocenters. The SMILES string of the molecule is CCS(=O)(=O)N1CCN(C(=O)Cc2ccc(-c3cc(N(C=O)C4CC4)nc4[nH]ccc34)cc2)CC1. The number of amides is 2. The molecule has 0 bridgehead atoms. The first kappa shape index (κ1) is 23.5. The van der Waals surface area contributed by atoms with Gasteiger partial charge < -0.3 is 9.88 Å². The number of nitrogens with zero attached hydrogens (tertiary/aromatic N) is 4. The zero-order valence-electron chi connectivity index (χ0n) is 19.7. The molecule has 1 aliphatic carbocycles. The fraction of sp³-hybridized carbons (Fsp3) is 0.400. The number of anilines is 1. The van der Waals surface area contributed by atoms with E-state index in [1.807, 2.05) is 42.6 Å². The number of fused-ring (bicyclic) bond motifs is 1. The van der Waals surface area contributed by atoms with Crippen molar-refractivity contribution >= 4 is 39.2 Å². The van der Waals surface area contributed by atoms with E-state index in [1.165, 1.54) is 4.31 Å². The van der Waals surface area contributed by atoms with Crippen molar-refractivity contribution in [2.45, 2.75) is 32.2 Å². The second kappa shape index (κ2) is 9.43. The van der Waals surface area contributed by atoms with Crippen molar-refractivity contribution in [3.63, 3.8) is 0 Å². The summed E-state index contributed by atoms with van der Waals surface area (Å²) in [6, 6.07) is 12.0. The molecule has 2 amide bonds. The summed E-state index contributed by atoms with van der Waals surface area (Å²) in [5.41, 5.74) is 3.59. The Morgan fingerprint density at radius 2 is 1.86 bits per heavy atom. The maximum atomic E-state index is 12.8. The third kappa shape index (κ3) is 4.81. The van der Waals surface area contributed by atoms with Gasteiger partial charge in [0, 0.05) is 43.8 Å². The van der Waals surface area contributed by atoms with Gasteiger partial charge >= 0.3 is 0 Å². The number of pyridine rings is 1. The molecule has 35 heavy (non-hydrogen) atoms. The van der Waals surface area contributed by atoms with Gasteiger partial charge in [0.25, 0.3) is 0 Å². The number of hydrogen-bond acceptors (Lipinski definition) is 5. The molecule has 1 N–H and O–H groups in total. The molecule has 2 aromatic heterocycles. The van der Waals surface area contributed by atoms with Crippen LogP contribution in [-0.2, 0) is 26.0 Å². The predicted molar refractivity (Wildman–Crippen MR) is 134 cm³/mol. The van der Waals surface area contributed by atoms with Crippen LogP contribution >= 0.6 is 0 Å². The normalized spacial score (nSPS) is 17.0. The molecule has 2 aliphatic rings. The number of carbonyl (C=O) groups is 2. The Kier molecular flexibility index (Phi) is 6.33. The number of sulfonamides is 1. The predicted octanol–water partition coefficient (Wildman–Crippen LogP) is 2.39. The first-order valence-corrected chi connectivity index (χ1v) is 13.6. The molecule has 0 radical (unpaired) electrons. The van der Waals surface area contributed by atoms with E-state index >= 15 is 0 Å². The van der Waals surface area contributed by atoms with E-state index in [-0.39, 0.29) is 24.1 Å². The fourth-order valence-corrected chi connectivity index (χ4v) is 5.65. The van der Waals surface area contributed by atoms with Gasteiger partial charge in [-0.25, -0.2) is 13.4 Å². The van der Waals surface area contributed by atoms with Crippen LogP contribution in [0.2, 0.25) is 0 Å². The average Bonchev–Trinajstić information content (AvgIpc) is 3.60. The zero-order valence-corrected chi connectivity index (χ0v) is 20.5. The summed E-state index contributed by atoms with van der Waals surface area (Å²) in [5, 5.41) is 0.971. The molecular formula is C25H29N5O4S. The first-order chi connectivity index (χ1) is 16.9. The molecule has 1 saturated carbocycles. The number of carbonyl (C=O) groups excluding carboxylic acids is 2. The van der Waals surface area contributed by atoms with Gasteiger partial charge in [-0.3, -0.25) is 14.5 Å². The van der Waals surface area contributed by atoms with E-state index in [0.29, 0.717) is 32.0 Å². The van der Waals surface area contributed by atoms with Gasteiger partial charge in [-0.15, -0.1) is 0 Å². The summed E-state index contributed by atoms with van der Waals surface area (Å²) in [4.78, 5) is 35.7. The summed E-state index contributed by atoms with van der Waals surface area (Å²) in [5.74, 6) is 0.710. The number of piperazine rings is 1. The van der Waals surface area contributed by atoms with Crippen LogP contribution in [0.3, 0.4) is 0 Å². The highest BCUT2D eigenvalue weighted by molar-refractivity contribution is 7.89. The van der Waals surface area contributed by atoms with Crippen molar-refractivity contribution in [3.8, 4) is 11.1 Å². The van der Waals surface area contributed by atoms with Gasteiger partial charge in [0.05, 0.1) is 12.2 Å². The lowest BCUT2D eigenvalue weighted by Crippen LogP contribution is -2.51. The molecule has 0 atom stereocenters. The topological polar surface area (TPSA) is 107 Å². The molecular weight excluding hydrogens is 466 g/mol. The molecule has 10 heteroatoms. The Bertz CT molecular complexity index is 1340. The summed E-state index contributed by atoms with van der Waals surface area (Å²) in [7, 11) is -3.22. The average molecular weight is 496 g/mol. The quantitative estimate of drug-likeness (QED) is 0.483. The highest BCUT2D eigenvalue weighted by atomic mass is 32.2. The molecule has 3 aromatic rings. The second-order valence-corrected chi connectivity index (χ2v) is 11.3. The van der Waals surface area contributed by atoms with Gasteiger partial charge in [-0.05, 0) is 48.6 Å². The van der Waals surface area contributed by atoms with Crippen molar-refractivity contribution in [2.75, 3.05) is 36.8 Å². The molecule has 1 aliphatic heterocycles. The molecule has 9 nitrogen and oxygen atoms in total. The lowest BCUT2D eigenvalue weighted by atomic mass is 10.0. The summed E-state index contributed by atoms with van der Waals surface area (Å²) < 4.78 is 25.6. The van der Waals surface area contributed by atoms with Crippen LogP contribution in [0.25, 0.3) is 22.2 Å². The van der Waals surface area contributed by atoms with Crippen LogP contribution in [0, 0.1) is 0 Å². The van der Waals surface area contributed by atoms with Gasteiger partial charge in [0.2, 0.25) is 22.3 Å². The van der Waals surface area contributed by atoms with Crippen molar-refractivity contribution in [1.82, 2.24) is 19.2 Å². The third-order valence-electron chi connectivity index (χ3n) is 6.80. The van der Waals surface area contributed by atoms with Crippen LogP contribution in [0.15, 0.2) is 42.6 Å². The molecule has 1 saturated heterocycles. The Morgan fingerprint density at radius 1 is 1.14 bits per heavy atom. The van der Waals surface area contributed by atoms with E-state index in [1.54, 1.807) is 16.7 Å². The highest BCUT2D eigenvalue weighted by Crippen LogP contribution is 2.35. The number of aromatic nitrogens is 2. The van der Waals surface area contributed by atoms with Crippen LogP contribution in [0.5, 0.6) is 0 Å². The fourth-order valence-electron chi connectivity index (χ4n) is 4.56. The molecule has 2 fully saturated rings. The Hall–Kier alpha value is -3.24. The van der Waals surface area contributed by atoms with E-state index < -0.39 is 10.0 Å². The molecule has 5 rings (SSSR count).